The predicted octanol–water partition coefficient (Wildman–Crippen LogP) is 2.99. The van der Waals surface area contributed by atoms with Crippen molar-refractivity contribution in [2.45, 2.75) is 37.1 Å². The third-order valence-electron chi connectivity index (χ3n) is 9.36. The number of nitrogens with zero attached hydrogens (tertiary/aromatic N) is 4. The highest BCUT2D eigenvalue weighted by Gasteiger charge is 2.44. The van der Waals surface area contributed by atoms with Gasteiger partial charge in [0, 0.05) is 61.3 Å². The van der Waals surface area contributed by atoms with Gasteiger partial charge in [0.15, 0.2) is 0 Å². The van der Waals surface area contributed by atoms with E-state index < -0.39 is 21.4 Å². The monoisotopic (exact) mass is 615 g/mol. The minimum absolute atomic E-state index is 0.0446. The van der Waals surface area contributed by atoms with Crippen LogP contribution in [0.3, 0.4) is 0 Å². The number of fused-ring (bicyclic) bond motifs is 3. The number of carbonyl (C=O) groups excluding carboxylic acids is 1. The predicted molar refractivity (Wildman–Crippen MR) is 164 cm³/mol. The number of benzene rings is 2. The number of pyridine rings is 1. The van der Waals surface area contributed by atoms with Gasteiger partial charge in [-0.2, -0.15) is 8.42 Å². The van der Waals surface area contributed by atoms with Gasteiger partial charge in [-0.15, -0.1) is 0 Å². The van der Waals surface area contributed by atoms with Crippen LogP contribution in [0.15, 0.2) is 81.5 Å². The lowest BCUT2D eigenvalue weighted by atomic mass is 9.87. The molecule has 3 unspecified atom stereocenters. The van der Waals surface area contributed by atoms with E-state index in [0.717, 1.165) is 12.8 Å². The highest BCUT2D eigenvalue weighted by atomic mass is 32.2. The number of aromatic nitrogens is 3. The molecule has 2 aromatic heterocycles. The Labute approximate surface area is 254 Å². The molecule has 3 heterocycles. The Hall–Kier alpha value is -4.45. The van der Waals surface area contributed by atoms with E-state index in [1.54, 1.807) is 36.5 Å². The SMILES string of the molecule is O=C(C1CC2CCC1C2)N1CCN(c2cc(=O)[nH]c(=O)n2Cc2ccc(OS(=O)(=O)c3cccc4cnccc34)cc2)CC1. The highest BCUT2D eigenvalue weighted by molar-refractivity contribution is 7.87. The number of rotatable bonds is 7. The maximum absolute atomic E-state index is 13.2. The number of hydrogen-bond donors (Lipinski definition) is 1. The largest absolute Gasteiger partial charge is 0.379 e. The Balaban J connectivity index is 1.05. The second-order valence-electron chi connectivity index (χ2n) is 12.0. The van der Waals surface area contributed by atoms with Crippen LogP contribution >= 0.6 is 0 Å². The van der Waals surface area contributed by atoms with E-state index in [1.165, 1.54) is 47.9 Å². The Morgan fingerprint density at radius 3 is 2.50 bits per heavy atom. The van der Waals surface area contributed by atoms with E-state index in [-0.39, 0.29) is 29.0 Å². The minimum Gasteiger partial charge on any atom is -0.379 e. The van der Waals surface area contributed by atoms with Crippen LogP contribution in [0, 0.1) is 17.8 Å². The van der Waals surface area contributed by atoms with Crippen LogP contribution in [-0.4, -0.2) is 59.9 Å². The average Bonchev–Trinajstić information content (AvgIpc) is 3.67. The van der Waals surface area contributed by atoms with Crippen molar-refractivity contribution in [3.05, 3.63) is 93.4 Å². The molecular formula is C32H33N5O6S. The molecule has 3 fully saturated rings. The zero-order valence-electron chi connectivity index (χ0n) is 24.1. The molecule has 1 N–H and O–H groups in total. The number of hydrogen-bond acceptors (Lipinski definition) is 8. The van der Waals surface area contributed by atoms with Gasteiger partial charge in [-0.3, -0.25) is 24.1 Å². The van der Waals surface area contributed by atoms with Crippen molar-refractivity contribution in [3.63, 3.8) is 0 Å². The van der Waals surface area contributed by atoms with Crippen LogP contribution < -0.4 is 20.3 Å². The zero-order valence-corrected chi connectivity index (χ0v) is 24.9. The molecule has 12 heteroatoms. The summed E-state index contributed by atoms with van der Waals surface area (Å²) in [7, 11) is -4.12. The van der Waals surface area contributed by atoms with Crippen LogP contribution in [0.4, 0.5) is 5.82 Å². The Bertz CT molecular complexity index is 1940. The van der Waals surface area contributed by atoms with Crippen LogP contribution in [0.1, 0.15) is 31.2 Å². The number of anilines is 1. The summed E-state index contributed by atoms with van der Waals surface area (Å²) in [5.41, 5.74) is -0.312. The molecule has 4 aromatic rings. The molecule has 2 saturated carbocycles. The van der Waals surface area contributed by atoms with Gasteiger partial charge in [0.2, 0.25) is 5.91 Å². The van der Waals surface area contributed by atoms with Gasteiger partial charge in [-0.1, -0.05) is 30.7 Å². The molecule has 1 saturated heterocycles. The average molecular weight is 616 g/mol. The van der Waals surface area contributed by atoms with Gasteiger partial charge in [-0.25, -0.2) is 4.79 Å². The molecule has 3 atom stereocenters. The fraction of sp³-hybridized carbons (Fsp3) is 0.375. The van der Waals surface area contributed by atoms with Crippen LogP contribution in [0.5, 0.6) is 5.75 Å². The van der Waals surface area contributed by atoms with Crippen molar-refractivity contribution in [1.82, 2.24) is 19.4 Å². The standard InChI is InChI=1S/C32H33N5O6S/c38-29-18-30(35-12-14-36(15-13-35)31(39)27-17-22-4-7-23(27)16-22)37(32(40)34-29)20-21-5-8-25(9-6-21)43-44(41,42)28-3-1-2-24-19-33-11-10-26(24)28/h1-3,5-6,8-11,18-19,22-23,27H,4,7,12-17,20H2,(H,34,38,40). The van der Waals surface area contributed by atoms with E-state index in [2.05, 4.69) is 9.97 Å². The second-order valence-corrected chi connectivity index (χ2v) is 13.5. The summed E-state index contributed by atoms with van der Waals surface area (Å²) < 4.78 is 33.1. The molecule has 1 amide bonds. The van der Waals surface area contributed by atoms with E-state index in [9.17, 15) is 22.8 Å². The molecule has 1 aliphatic heterocycles. The summed E-state index contributed by atoms with van der Waals surface area (Å²) in [4.78, 5) is 48.9. The first-order valence-corrected chi connectivity index (χ1v) is 16.4. The quantitative estimate of drug-likeness (QED) is 0.314. The molecule has 2 bridgehead atoms. The molecule has 11 nitrogen and oxygen atoms in total. The second kappa shape index (κ2) is 11.2. The van der Waals surface area contributed by atoms with Gasteiger partial charge in [0.1, 0.15) is 16.5 Å². The van der Waals surface area contributed by atoms with E-state index in [0.29, 0.717) is 60.2 Å². The van der Waals surface area contributed by atoms with Crippen molar-refractivity contribution in [2.75, 3.05) is 31.1 Å². The molecule has 2 aromatic carbocycles. The smallest absolute Gasteiger partial charge is 0.339 e. The fourth-order valence-corrected chi connectivity index (χ4v) is 8.33. The molecule has 0 spiro atoms. The van der Waals surface area contributed by atoms with Gasteiger partial charge in [0.05, 0.1) is 6.54 Å². The molecule has 2 aliphatic carbocycles. The van der Waals surface area contributed by atoms with Crippen LogP contribution in [0.2, 0.25) is 0 Å². The maximum atomic E-state index is 13.2. The number of H-pyrrole nitrogens is 1. The van der Waals surface area contributed by atoms with Crippen LogP contribution in [0.25, 0.3) is 10.8 Å². The van der Waals surface area contributed by atoms with Gasteiger partial charge >= 0.3 is 15.8 Å². The maximum Gasteiger partial charge on any atom is 0.339 e. The lowest BCUT2D eigenvalue weighted by molar-refractivity contribution is -0.137. The summed E-state index contributed by atoms with van der Waals surface area (Å²) in [5, 5.41) is 1.20. The van der Waals surface area contributed by atoms with Crippen LogP contribution in [-0.2, 0) is 21.5 Å². The lowest BCUT2D eigenvalue weighted by Gasteiger charge is -2.38. The van der Waals surface area contributed by atoms with Crippen molar-refractivity contribution in [1.29, 1.82) is 0 Å². The topological polar surface area (TPSA) is 135 Å². The lowest BCUT2D eigenvalue weighted by Crippen LogP contribution is -2.52. The molecule has 44 heavy (non-hydrogen) atoms. The first kappa shape index (κ1) is 28.3. The summed E-state index contributed by atoms with van der Waals surface area (Å²) in [5.74, 6) is 2.24. The van der Waals surface area contributed by atoms with Crippen molar-refractivity contribution >= 4 is 32.6 Å². The number of amides is 1. The zero-order chi connectivity index (χ0) is 30.4. The number of carbonyl (C=O) groups is 1. The Morgan fingerprint density at radius 2 is 1.77 bits per heavy atom. The van der Waals surface area contributed by atoms with Crippen molar-refractivity contribution < 1.29 is 17.4 Å². The number of aromatic amines is 1. The van der Waals surface area contributed by atoms with E-state index in [4.69, 9.17) is 4.18 Å². The number of nitrogens with one attached hydrogen (secondary N) is 1. The highest BCUT2D eigenvalue weighted by Crippen LogP contribution is 2.49. The van der Waals surface area contributed by atoms with Gasteiger partial charge in [-0.05, 0) is 60.9 Å². The third kappa shape index (κ3) is 5.38. The fourth-order valence-electron chi connectivity index (χ4n) is 7.18. The first-order chi connectivity index (χ1) is 21.2. The Morgan fingerprint density at radius 1 is 0.977 bits per heavy atom. The normalized spacial score (nSPS) is 21.6. The third-order valence-corrected chi connectivity index (χ3v) is 10.7. The minimum atomic E-state index is -4.12. The summed E-state index contributed by atoms with van der Waals surface area (Å²) in [6.45, 7) is 2.27. The molecule has 0 radical (unpaired) electrons. The summed E-state index contributed by atoms with van der Waals surface area (Å²) in [6, 6.07) is 14.4. The molecule has 3 aliphatic rings. The van der Waals surface area contributed by atoms with E-state index in [1.807, 2.05) is 9.80 Å². The summed E-state index contributed by atoms with van der Waals surface area (Å²) in [6.07, 6.45) is 7.72. The Kier molecular flexibility index (Phi) is 7.23. The van der Waals surface area contributed by atoms with Crippen molar-refractivity contribution in [2.24, 2.45) is 17.8 Å². The first-order valence-electron chi connectivity index (χ1n) is 15.0. The molecular weight excluding hydrogens is 582 g/mol. The van der Waals surface area contributed by atoms with Crippen molar-refractivity contribution in [3.8, 4) is 5.75 Å². The van der Waals surface area contributed by atoms with Gasteiger partial charge < -0.3 is 14.0 Å². The molecule has 7 rings (SSSR count). The number of piperazine rings is 1. The summed E-state index contributed by atoms with van der Waals surface area (Å²) >= 11 is 0. The van der Waals surface area contributed by atoms with Gasteiger partial charge in [0.25, 0.3) is 5.56 Å². The van der Waals surface area contributed by atoms with E-state index >= 15 is 0 Å². The molecule has 228 valence electrons.